The lowest BCUT2D eigenvalue weighted by atomic mass is 10.0. The summed E-state index contributed by atoms with van der Waals surface area (Å²) in [6.07, 6.45) is 2.97. The smallest absolute Gasteiger partial charge is 0.250 e. The van der Waals surface area contributed by atoms with Crippen molar-refractivity contribution in [1.82, 2.24) is 14.6 Å². The van der Waals surface area contributed by atoms with Crippen molar-refractivity contribution < 1.29 is 9.18 Å². The van der Waals surface area contributed by atoms with Gasteiger partial charge in [-0.2, -0.15) is 4.98 Å². The topological polar surface area (TPSA) is 59.3 Å². The highest BCUT2D eigenvalue weighted by atomic mass is 32.1. The molecule has 0 aliphatic rings. The van der Waals surface area contributed by atoms with Crippen LogP contribution in [0.2, 0.25) is 0 Å². The van der Waals surface area contributed by atoms with Crippen LogP contribution in [0.25, 0.3) is 22.3 Å². The number of benzene rings is 2. The standard InChI is InChI=1S/C21H17FN4OS/c1-13-3-9-17(14(2)11-13)18-12-28-21-24-20(25-26(18)21)23-19(27)10-6-15-4-7-16(22)8-5-15/h3-12H,1-2H3,(H,23,25,27)/b10-6+. The van der Waals surface area contributed by atoms with Crippen LogP contribution in [0.3, 0.4) is 0 Å². The first-order valence-electron chi connectivity index (χ1n) is 8.66. The quantitative estimate of drug-likeness (QED) is 0.504. The summed E-state index contributed by atoms with van der Waals surface area (Å²) >= 11 is 1.47. The minimum absolute atomic E-state index is 0.242. The second kappa shape index (κ2) is 7.36. The molecule has 28 heavy (non-hydrogen) atoms. The van der Waals surface area contributed by atoms with Gasteiger partial charge in [-0.05, 0) is 43.2 Å². The molecule has 0 radical (unpaired) electrons. The van der Waals surface area contributed by atoms with Crippen molar-refractivity contribution in [3.05, 3.63) is 76.4 Å². The van der Waals surface area contributed by atoms with Gasteiger partial charge in [0.25, 0.3) is 11.9 Å². The molecule has 140 valence electrons. The normalized spacial score (nSPS) is 11.4. The van der Waals surface area contributed by atoms with E-state index in [4.69, 9.17) is 0 Å². The van der Waals surface area contributed by atoms with E-state index >= 15 is 0 Å². The third-order valence-electron chi connectivity index (χ3n) is 4.27. The Bertz CT molecular complexity index is 1190. The average molecular weight is 392 g/mol. The monoisotopic (exact) mass is 392 g/mol. The first-order chi connectivity index (χ1) is 13.5. The highest BCUT2D eigenvalue weighted by Gasteiger charge is 2.14. The first-order valence-corrected chi connectivity index (χ1v) is 9.54. The second-order valence-corrected chi connectivity index (χ2v) is 7.28. The van der Waals surface area contributed by atoms with Gasteiger partial charge in [-0.15, -0.1) is 16.4 Å². The van der Waals surface area contributed by atoms with Gasteiger partial charge in [0, 0.05) is 17.0 Å². The van der Waals surface area contributed by atoms with Gasteiger partial charge in [-0.1, -0.05) is 35.9 Å². The summed E-state index contributed by atoms with van der Waals surface area (Å²) in [6.45, 7) is 4.12. The second-order valence-electron chi connectivity index (χ2n) is 6.44. The molecule has 0 fully saturated rings. The van der Waals surface area contributed by atoms with Crippen molar-refractivity contribution in [2.45, 2.75) is 13.8 Å². The van der Waals surface area contributed by atoms with Crippen molar-refractivity contribution in [2.75, 3.05) is 5.32 Å². The molecule has 2 aromatic heterocycles. The fourth-order valence-electron chi connectivity index (χ4n) is 2.92. The van der Waals surface area contributed by atoms with Crippen LogP contribution in [0, 0.1) is 19.7 Å². The molecule has 0 aliphatic carbocycles. The SMILES string of the molecule is Cc1ccc(-c2csc3nc(NC(=O)/C=C/c4ccc(F)cc4)nn23)c(C)c1. The van der Waals surface area contributed by atoms with Crippen molar-refractivity contribution >= 4 is 34.2 Å². The van der Waals surface area contributed by atoms with E-state index in [9.17, 15) is 9.18 Å². The molecule has 1 N–H and O–H groups in total. The molecule has 0 bridgehead atoms. The number of aromatic nitrogens is 3. The van der Waals surface area contributed by atoms with Gasteiger partial charge in [-0.3, -0.25) is 10.1 Å². The van der Waals surface area contributed by atoms with Gasteiger partial charge in [0.1, 0.15) is 5.82 Å². The molecule has 5 nitrogen and oxygen atoms in total. The molecule has 0 spiro atoms. The van der Waals surface area contributed by atoms with Crippen LogP contribution in [0.15, 0.2) is 53.9 Å². The van der Waals surface area contributed by atoms with Gasteiger partial charge in [-0.25, -0.2) is 8.91 Å². The van der Waals surface area contributed by atoms with Crippen LogP contribution in [-0.4, -0.2) is 20.5 Å². The number of hydrogen-bond acceptors (Lipinski definition) is 4. The number of amides is 1. The molecule has 4 aromatic rings. The van der Waals surface area contributed by atoms with Gasteiger partial charge in [0.2, 0.25) is 4.96 Å². The van der Waals surface area contributed by atoms with Crippen molar-refractivity contribution in [3.8, 4) is 11.3 Å². The van der Waals surface area contributed by atoms with E-state index in [1.807, 2.05) is 5.38 Å². The summed E-state index contributed by atoms with van der Waals surface area (Å²) < 4.78 is 14.7. The number of carbonyl (C=O) groups excluding carboxylic acids is 1. The highest BCUT2D eigenvalue weighted by molar-refractivity contribution is 7.15. The Morgan fingerprint density at radius 3 is 2.71 bits per heavy atom. The van der Waals surface area contributed by atoms with Gasteiger partial charge in [0.05, 0.1) is 5.69 Å². The van der Waals surface area contributed by atoms with E-state index in [1.54, 1.807) is 22.7 Å². The van der Waals surface area contributed by atoms with E-state index in [1.165, 1.54) is 35.1 Å². The number of thiazole rings is 1. The number of fused-ring (bicyclic) bond motifs is 1. The number of carbonyl (C=O) groups is 1. The van der Waals surface area contributed by atoms with E-state index in [0.29, 0.717) is 4.96 Å². The molecule has 0 unspecified atom stereocenters. The summed E-state index contributed by atoms with van der Waals surface area (Å²) in [4.78, 5) is 17.2. The number of nitrogens with zero attached hydrogens (tertiary/aromatic N) is 3. The molecule has 2 heterocycles. The van der Waals surface area contributed by atoms with Gasteiger partial charge >= 0.3 is 0 Å². The Morgan fingerprint density at radius 1 is 1.18 bits per heavy atom. The van der Waals surface area contributed by atoms with Crippen LogP contribution in [-0.2, 0) is 4.79 Å². The summed E-state index contributed by atoms with van der Waals surface area (Å²) in [5, 5.41) is 9.09. The number of anilines is 1. The number of halogens is 1. The third-order valence-corrected chi connectivity index (χ3v) is 5.09. The van der Waals surface area contributed by atoms with Crippen LogP contribution in [0.5, 0.6) is 0 Å². The summed E-state index contributed by atoms with van der Waals surface area (Å²) in [7, 11) is 0. The highest BCUT2D eigenvalue weighted by Crippen LogP contribution is 2.28. The molecule has 2 aromatic carbocycles. The lowest BCUT2D eigenvalue weighted by molar-refractivity contribution is -0.111. The molecular weight excluding hydrogens is 375 g/mol. The molecule has 7 heteroatoms. The van der Waals surface area contributed by atoms with Crippen molar-refractivity contribution in [2.24, 2.45) is 0 Å². The summed E-state index contributed by atoms with van der Waals surface area (Å²) in [5.74, 6) is -0.425. The zero-order valence-electron chi connectivity index (χ0n) is 15.3. The van der Waals surface area contributed by atoms with Crippen LogP contribution >= 0.6 is 11.3 Å². The Kier molecular flexibility index (Phi) is 4.75. The zero-order valence-corrected chi connectivity index (χ0v) is 16.1. The van der Waals surface area contributed by atoms with Gasteiger partial charge in [0.15, 0.2) is 0 Å². The van der Waals surface area contributed by atoms with E-state index < -0.39 is 0 Å². The summed E-state index contributed by atoms with van der Waals surface area (Å²) in [6, 6.07) is 12.1. The maximum atomic E-state index is 12.9. The number of aryl methyl sites for hydroxylation is 2. The predicted octanol–water partition coefficient (Wildman–Crippen LogP) is 4.87. The maximum absolute atomic E-state index is 12.9. The van der Waals surface area contributed by atoms with Crippen LogP contribution < -0.4 is 5.32 Å². The fourth-order valence-corrected chi connectivity index (χ4v) is 3.74. The van der Waals surface area contributed by atoms with E-state index in [0.717, 1.165) is 22.4 Å². The van der Waals surface area contributed by atoms with Crippen molar-refractivity contribution in [1.29, 1.82) is 0 Å². The van der Waals surface area contributed by atoms with Crippen LogP contribution in [0.1, 0.15) is 16.7 Å². The molecule has 1 amide bonds. The van der Waals surface area contributed by atoms with Crippen LogP contribution in [0.4, 0.5) is 10.3 Å². The Balaban J connectivity index is 1.54. The number of hydrogen-bond donors (Lipinski definition) is 1. The molecular formula is C21H17FN4OS. The first kappa shape index (κ1) is 18.1. The lowest BCUT2D eigenvalue weighted by Crippen LogP contribution is -2.09. The Morgan fingerprint density at radius 2 is 1.96 bits per heavy atom. The fraction of sp³-hybridized carbons (Fsp3) is 0.0952. The van der Waals surface area contributed by atoms with Crippen molar-refractivity contribution in [3.63, 3.8) is 0 Å². The number of rotatable bonds is 4. The summed E-state index contributed by atoms with van der Waals surface area (Å²) in [5.41, 5.74) is 5.10. The zero-order chi connectivity index (χ0) is 19.7. The Labute approximate surface area is 165 Å². The molecule has 0 saturated carbocycles. The molecule has 4 rings (SSSR count). The third kappa shape index (κ3) is 3.70. The Hall–Kier alpha value is -3.32. The minimum atomic E-state index is -0.351. The van der Waals surface area contributed by atoms with E-state index in [2.05, 4.69) is 47.4 Å². The van der Waals surface area contributed by atoms with Gasteiger partial charge < -0.3 is 0 Å². The molecule has 0 atom stereocenters. The van der Waals surface area contributed by atoms with E-state index in [-0.39, 0.29) is 17.7 Å². The minimum Gasteiger partial charge on any atom is -0.290 e. The largest absolute Gasteiger partial charge is 0.290 e. The molecule has 0 aliphatic heterocycles. The average Bonchev–Trinajstić information content (AvgIpc) is 3.22. The number of nitrogens with one attached hydrogen (secondary N) is 1. The lowest BCUT2D eigenvalue weighted by Gasteiger charge is -2.05. The maximum Gasteiger partial charge on any atom is 0.250 e. The molecule has 0 saturated heterocycles. The predicted molar refractivity (Wildman–Crippen MR) is 110 cm³/mol.